The van der Waals surface area contributed by atoms with E-state index in [1.54, 1.807) is 24.3 Å². The van der Waals surface area contributed by atoms with Gasteiger partial charge in [-0.3, -0.25) is 4.79 Å². The van der Waals surface area contributed by atoms with Crippen molar-refractivity contribution < 1.29 is 13.9 Å². The fourth-order valence-corrected chi connectivity index (χ4v) is 4.02. The Kier molecular flexibility index (Phi) is 6.75. The first-order valence-electron chi connectivity index (χ1n) is 11.8. The lowest BCUT2D eigenvalue weighted by atomic mass is 10.2. The van der Waals surface area contributed by atoms with E-state index in [4.69, 9.17) is 4.74 Å². The molecule has 1 amide bonds. The van der Waals surface area contributed by atoms with Gasteiger partial charge in [0.1, 0.15) is 23.1 Å². The number of aromatic nitrogens is 2. The molecule has 3 aromatic carbocycles. The summed E-state index contributed by atoms with van der Waals surface area (Å²) in [5.74, 6) is 1.86. The molecule has 36 heavy (non-hydrogen) atoms. The Morgan fingerprint density at radius 1 is 0.889 bits per heavy atom. The number of nitrogens with zero attached hydrogens (tertiary/aromatic N) is 3. The van der Waals surface area contributed by atoms with Gasteiger partial charge in [0, 0.05) is 41.8 Å². The molecule has 7 nitrogen and oxygen atoms in total. The van der Waals surface area contributed by atoms with E-state index in [0.29, 0.717) is 28.7 Å². The molecular weight excluding hydrogens is 457 g/mol. The lowest BCUT2D eigenvalue weighted by Crippen LogP contribution is -2.19. The maximum atomic E-state index is 13.1. The average molecular weight is 484 g/mol. The standard InChI is InChI=1S/C28H26FN5O2/c1-19-17-26(34-15-2-3-16-34)33-28(30-19)32-23-11-9-22(10-12-23)31-27(35)20-5-4-6-25(18-20)36-24-13-7-21(29)8-14-24/h4-14,17-18H,2-3,15-16H2,1H3,(H,31,35)(H,30,32,33). The second kappa shape index (κ2) is 10.4. The van der Waals surface area contributed by atoms with Crippen LogP contribution in [0, 0.1) is 12.7 Å². The molecule has 0 unspecified atom stereocenters. The van der Waals surface area contributed by atoms with Gasteiger partial charge < -0.3 is 20.3 Å². The average Bonchev–Trinajstić information content (AvgIpc) is 3.42. The number of aryl methyl sites for hydroxylation is 1. The Bertz CT molecular complexity index is 1350. The molecule has 2 heterocycles. The van der Waals surface area contributed by atoms with Crippen LogP contribution in [0.3, 0.4) is 0 Å². The van der Waals surface area contributed by atoms with Crippen molar-refractivity contribution >= 4 is 29.0 Å². The number of carbonyl (C=O) groups is 1. The number of benzene rings is 3. The molecule has 4 aromatic rings. The second-order valence-corrected chi connectivity index (χ2v) is 8.63. The predicted molar refractivity (Wildman–Crippen MR) is 139 cm³/mol. The molecule has 1 saturated heterocycles. The van der Waals surface area contributed by atoms with Gasteiger partial charge in [-0.25, -0.2) is 9.37 Å². The number of rotatable bonds is 7. The smallest absolute Gasteiger partial charge is 0.255 e. The van der Waals surface area contributed by atoms with Crippen LogP contribution in [0.25, 0.3) is 0 Å². The van der Waals surface area contributed by atoms with Gasteiger partial charge in [-0.2, -0.15) is 4.98 Å². The molecule has 0 bridgehead atoms. The first kappa shape index (κ1) is 23.3. The van der Waals surface area contributed by atoms with Crippen molar-refractivity contribution in [1.29, 1.82) is 0 Å². The first-order chi connectivity index (χ1) is 17.5. The molecule has 1 aromatic heterocycles. The molecule has 5 rings (SSSR count). The number of ether oxygens (including phenoxy) is 1. The van der Waals surface area contributed by atoms with Crippen molar-refractivity contribution in [1.82, 2.24) is 9.97 Å². The summed E-state index contributed by atoms with van der Waals surface area (Å²) in [7, 11) is 0. The van der Waals surface area contributed by atoms with Crippen LogP contribution in [0.5, 0.6) is 11.5 Å². The summed E-state index contributed by atoms with van der Waals surface area (Å²) in [6.45, 7) is 4.00. The summed E-state index contributed by atoms with van der Waals surface area (Å²) in [6, 6.07) is 21.9. The highest BCUT2D eigenvalue weighted by Crippen LogP contribution is 2.25. The topological polar surface area (TPSA) is 79.4 Å². The maximum absolute atomic E-state index is 13.1. The highest BCUT2D eigenvalue weighted by Gasteiger charge is 2.15. The highest BCUT2D eigenvalue weighted by molar-refractivity contribution is 6.04. The van der Waals surface area contributed by atoms with Crippen LogP contribution in [0.15, 0.2) is 78.9 Å². The van der Waals surface area contributed by atoms with E-state index in [-0.39, 0.29) is 11.7 Å². The van der Waals surface area contributed by atoms with Gasteiger partial charge in [0.2, 0.25) is 5.95 Å². The molecule has 1 aliphatic rings. The number of halogens is 1. The number of amides is 1. The number of anilines is 4. The minimum Gasteiger partial charge on any atom is -0.457 e. The Balaban J connectivity index is 1.22. The zero-order valence-corrected chi connectivity index (χ0v) is 19.9. The number of hydrogen-bond donors (Lipinski definition) is 2. The molecule has 1 fully saturated rings. The van der Waals surface area contributed by atoms with E-state index in [2.05, 4.69) is 25.5 Å². The van der Waals surface area contributed by atoms with Crippen LogP contribution >= 0.6 is 0 Å². The Morgan fingerprint density at radius 3 is 2.36 bits per heavy atom. The monoisotopic (exact) mass is 483 g/mol. The molecule has 0 atom stereocenters. The second-order valence-electron chi connectivity index (χ2n) is 8.63. The molecule has 0 saturated carbocycles. The summed E-state index contributed by atoms with van der Waals surface area (Å²) < 4.78 is 18.8. The third-order valence-corrected chi connectivity index (χ3v) is 5.82. The number of nitrogens with one attached hydrogen (secondary N) is 2. The van der Waals surface area contributed by atoms with Crippen molar-refractivity contribution in [2.75, 3.05) is 28.6 Å². The van der Waals surface area contributed by atoms with E-state index < -0.39 is 0 Å². The van der Waals surface area contributed by atoms with E-state index in [1.165, 1.54) is 37.1 Å². The Morgan fingerprint density at radius 2 is 1.61 bits per heavy atom. The van der Waals surface area contributed by atoms with Crippen LogP contribution in [0.4, 0.5) is 27.5 Å². The van der Waals surface area contributed by atoms with Crippen molar-refractivity contribution in [3.8, 4) is 11.5 Å². The Labute approximate surface area is 209 Å². The molecule has 0 spiro atoms. The molecule has 1 aliphatic heterocycles. The zero-order valence-electron chi connectivity index (χ0n) is 19.9. The molecule has 0 aliphatic carbocycles. The molecule has 2 N–H and O–H groups in total. The van der Waals surface area contributed by atoms with Crippen LogP contribution < -0.4 is 20.3 Å². The van der Waals surface area contributed by atoms with Crippen LogP contribution in [0.2, 0.25) is 0 Å². The number of carbonyl (C=O) groups excluding carboxylic acids is 1. The van der Waals surface area contributed by atoms with Gasteiger partial charge in [-0.15, -0.1) is 0 Å². The van der Waals surface area contributed by atoms with Gasteiger partial charge >= 0.3 is 0 Å². The third kappa shape index (κ3) is 5.78. The van der Waals surface area contributed by atoms with Crippen molar-refractivity contribution in [3.05, 3.63) is 95.9 Å². The molecular formula is C28H26FN5O2. The third-order valence-electron chi connectivity index (χ3n) is 5.82. The Hall–Kier alpha value is -4.46. The normalized spacial score (nSPS) is 12.9. The molecule has 8 heteroatoms. The SMILES string of the molecule is Cc1cc(N2CCCC2)nc(Nc2ccc(NC(=O)c3cccc(Oc4ccc(F)cc4)c3)cc2)n1. The maximum Gasteiger partial charge on any atom is 0.255 e. The largest absolute Gasteiger partial charge is 0.457 e. The van der Waals surface area contributed by atoms with Gasteiger partial charge in [0.15, 0.2) is 0 Å². The molecule has 0 radical (unpaired) electrons. The van der Waals surface area contributed by atoms with Crippen molar-refractivity contribution in [3.63, 3.8) is 0 Å². The fraction of sp³-hybridized carbons (Fsp3) is 0.179. The molecule has 182 valence electrons. The van der Waals surface area contributed by atoms with Crippen LogP contribution in [0.1, 0.15) is 28.9 Å². The summed E-state index contributed by atoms with van der Waals surface area (Å²) in [6.07, 6.45) is 2.37. The number of hydrogen-bond acceptors (Lipinski definition) is 6. The van der Waals surface area contributed by atoms with Crippen LogP contribution in [-0.2, 0) is 0 Å². The highest BCUT2D eigenvalue weighted by atomic mass is 19.1. The van der Waals surface area contributed by atoms with E-state index >= 15 is 0 Å². The summed E-state index contributed by atoms with van der Waals surface area (Å²) in [4.78, 5) is 24.2. The van der Waals surface area contributed by atoms with Gasteiger partial charge in [-0.05, 0) is 86.5 Å². The lowest BCUT2D eigenvalue weighted by Gasteiger charge is -2.17. The summed E-state index contributed by atoms with van der Waals surface area (Å²) in [5, 5.41) is 6.15. The minimum atomic E-state index is -0.338. The van der Waals surface area contributed by atoms with Gasteiger partial charge in [0.05, 0.1) is 0 Å². The zero-order chi connectivity index (χ0) is 24.9. The fourth-order valence-electron chi connectivity index (χ4n) is 4.02. The van der Waals surface area contributed by atoms with Crippen molar-refractivity contribution in [2.45, 2.75) is 19.8 Å². The summed E-state index contributed by atoms with van der Waals surface area (Å²) >= 11 is 0. The van der Waals surface area contributed by atoms with Crippen LogP contribution in [-0.4, -0.2) is 29.0 Å². The van der Waals surface area contributed by atoms with Crippen molar-refractivity contribution in [2.24, 2.45) is 0 Å². The quantitative estimate of drug-likeness (QED) is 0.321. The first-order valence-corrected chi connectivity index (χ1v) is 11.8. The van der Waals surface area contributed by atoms with Gasteiger partial charge in [-0.1, -0.05) is 6.07 Å². The van der Waals surface area contributed by atoms with E-state index in [1.807, 2.05) is 37.3 Å². The lowest BCUT2D eigenvalue weighted by molar-refractivity contribution is 0.102. The predicted octanol–water partition coefficient (Wildman–Crippen LogP) is 6.31. The van der Waals surface area contributed by atoms with E-state index in [0.717, 1.165) is 30.3 Å². The summed E-state index contributed by atoms with van der Waals surface area (Å²) in [5.41, 5.74) is 2.82. The van der Waals surface area contributed by atoms with Gasteiger partial charge in [0.25, 0.3) is 5.91 Å². The minimum absolute atomic E-state index is 0.266. The van der Waals surface area contributed by atoms with E-state index in [9.17, 15) is 9.18 Å².